The first-order valence-electron chi connectivity index (χ1n) is 11.4. The topological polar surface area (TPSA) is 69.2 Å². The van der Waals surface area contributed by atoms with Gasteiger partial charge in [0.1, 0.15) is 5.82 Å². The Morgan fingerprint density at radius 2 is 1.91 bits per heavy atom. The summed E-state index contributed by atoms with van der Waals surface area (Å²) in [5.74, 6) is 1.17. The highest BCUT2D eigenvalue weighted by atomic mass is 19.4. The van der Waals surface area contributed by atoms with Gasteiger partial charge in [-0.05, 0) is 57.1 Å². The van der Waals surface area contributed by atoms with E-state index in [2.05, 4.69) is 28.8 Å². The fourth-order valence-corrected chi connectivity index (χ4v) is 5.88. The number of anilines is 1. The lowest BCUT2D eigenvalue weighted by Gasteiger charge is -2.26. The van der Waals surface area contributed by atoms with Gasteiger partial charge in [0, 0.05) is 55.7 Å². The molecule has 174 valence electrons. The van der Waals surface area contributed by atoms with Crippen molar-refractivity contribution in [2.45, 2.75) is 63.4 Å². The summed E-state index contributed by atoms with van der Waals surface area (Å²) in [6.07, 6.45) is 0.632. The van der Waals surface area contributed by atoms with Crippen molar-refractivity contribution in [1.29, 1.82) is 0 Å². The maximum absolute atomic E-state index is 13.3. The van der Waals surface area contributed by atoms with Crippen molar-refractivity contribution in [2.75, 3.05) is 25.9 Å². The van der Waals surface area contributed by atoms with E-state index in [9.17, 15) is 13.2 Å². The van der Waals surface area contributed by atoms with E-state index in [4.69, 9.17) is 10.5 Å². The fourth-order valence-electron chi connectivity index (χ4n) is 5.88. The van der Waals surface area contributed by atoms with Gasteiger partial charge in [0.25, 0.3) is 0 Å². The average Bonchev–Trinajstić information content (AvgIpc) is 3.22. The van der Waals surface area contributed by atoms with Crippen LogP contribution >= 0.6 is 0 Å². The third kappa shape index (κ3) is 3.69. The van der Waals surface area contributed by atoms with E-state index in [0.29, 0.717) is 41.2 Å². The highest BCUT2D eigenvalue weighted by Crippen LogP contribution is 2.64. The number of hydrogen-bond donors (Lipinski definition) is 1. The molecule has 2 N–H and O–H groups in total. The molecule has 3 aliphatic rings. The predicted octanol–water partition coefficient (Wildman–Crippen LogP) is 4.34. The second kappa shape index (κ2) is 7.73. The molecule has 2 aliphatic carbocycles. The molecule has 1 saturated heterocycles. The fraction of sp³-hybridized carbons (Fsp3) is 0.652. The summed E-state index contributed by atoms with van der Waals surface area (Å²) in [6.45, 7) is 6.23. The summed E-state index contributed by atoms with van der Waals surface area (Å²) in [4.78, 5) is 6.35. The molecule has 32 heavy (non-hydrogen) atoms. The number of nitrogens with zero attached hydrogens (tertiary/aromatic N) is 4. The van der Waals surface area contributed by atoms with Crippen LogP contribution in [0.1, 0.15) is 56.3 Å². The minimum absolute atomic E-state index is 0.126. The van der Waals surface area contributed by atoms with E-state index in [-0.39, 0.29) is 6.04 Å². The highest BCUT2D eigenvalue weighted by Gasteiger charge is 2.59. The van der Waals surface area contributed by atoms with E-state index in [1.54, 1.807) is 7.11 Å². The number of nitrogen functional groups attached to an aromatic ring is 1. The van der Waals surface area contributed by atoms with Crippen LogP contribution < -0.4 is 5.73 Å². The number of likely N-dealkylation sites (tertiary alicyclic amines) is 1. The molecule has 2 aromatic rings. The summed E-state index contributed by atoms with van der Waals surface area (Å²) in [7, 11) is 1.79. The van der Waals surface area contributed by atoms with Crippen LogP contribution in [-0.4, -0.2) is 52.0 Å². The number of alkyl halides is 3. The monoisotopic (exact) mass is 449 g/mol. The van der Waals surface area contributed by atoms with Crippen molar-refractivity contribution in [3.8, 4) is 11.3 Å². The van der Waals surface area contributed by atoms with Gasteiger partial charge in [0.15, 0.2) is 0 Å². The molecule has 6 nitrogen and oxygen atoms in total. The molecule has 0 unspecified atom stereocenters. The Morgan fingerprint density at radius 1 is 1.19 bits per heavy atom. The van der Waals surface area contributed by atoms with Crippen LogP contribution in [0.25, 0.3) is 11.3 Å². The van der Waals surface area contributed by atoms with Gasteiger partial charge in [0.2, 0.25) is 0 Å². The summed E-state index contributed by atoms with van der Waals surface area (Å²) < 4.78 is 47.4. The van der Waals surface area contributed by atoms with Crippen LogP contribution in [0, 0.1) is 11.8 Å². The second-order valence-corrected chi connectivity index (χ2v) is 9.77. The molecule has 2 aromatic heterocycles. The van der Waals surface area contributed by atoms with Crippen LogP contribution in [0.3, 0.4) is 0 Å². The van der Waals surface area contributed by atoms with Gasteiger partial charge in [0.05, 0.1) is 17.4 Å². The van der Waals surface area contributed by atoms with E-state index in [0.717, 1.165) is 31.3 Å². The lowest BCUT2D eigenvalue weighted by Crippen LogP contribution is -2.33. The third-order valence-corrected chi connectivity index (χ3v) is 7.56. The predicted molar refractivity (Wildman–Crippen MR) is 115 cm³/mol. The largest absolute Gasteiger partial charge is 0.419 e. The van der Waals surface area contributed by atoms with Gasteiger partial charge >= 0.3 is 6.18 Å². The maximum Gasteiger partial charge on any atom is 0.419 e. The zero-order chi connectivity index (χ0) is 22.8. The van der Waals surface area contributed by atoms with Crippen molar-refractivity contribution in [3.05, 3.63) is 29.6 Å². The number of ether oxygens (including phenoxy) is 1. The summed E-state index contributed by atoms with van der Waals surface area (Å²) in [5, 5.41) is 4.68. The molecular weight excluding hydrogens is 419 g/mol. The van der Waals surface area contributed by atoms with E-state index in [1.807, 2.05) is 10.7 Å². The van der Waals surface area contributed by atoms with Gasteiger partial charge in [-0.25, -0.2) is 4.98 Å². The quantitative estimate of drug-likeness (QED) is 0.736. The molecule has 0 amide bonds. The van der Waals surface area contributed by atoms with E-state index in [1.165, 1.54) is 19.0 Å². The smallest absolute Gasteiger partial charge is 0.383 e. The van der Waals surface area contributed by atoms with Crippen molar-refractivity contribution in [1.82, 2.24) is 19.7 Å². The summed E-state index contributed by atoms with van der Waals surface area (Å²) in [5.41, 5.74) is 6.56. The molecule has 0 aromatic carbocycles. The maximum atomic E-state index is 13.3. The first kappa shape index (κ1) is 21.7. The zero-order valence-corrected chi connectivity index (χ0v) is 18.6. The third-order valence-electron chi connectivity index (χ3n) is 7.56. The van der Waals surface area contributed by atoms with Crippen molar-refractivity contribution < 1.29 is 17.9 Å². The first-order chi connectivity index (χ1) is 15.2. The molecule has 9 heteroatoms. The Balaban J connectivity index is 1.36. The SMILES string of the molecule is CO[C@@H]1CCN([C@H]2C[C@@H]3[C@H](C2)[C@H]3c2cc(-c3cnc(N)c(C(F)(F)F)c3)nn2C(C)C)C1. The van der Waals surface area contributed by atoms with Crippen molar-refractivity contribution in [2.24, 2.45) is 11.8 Å². The number of aromatic nitrogens is 3. The number of halogens is 3. The molecule has 5 atom stereocenters. The molecule has 0 radical (unpaired) electrons. The Bertz CT molecular complexity index is 992. The standard InChI is InChI=1S/C23H30F3N5O/c1-12(2)31-20(9-19(29-31)13-6-18(23(24,25)26)22(27)28-10-13)21-16-7-14(8-17(16)21)30-5-4-15(11-30)32-3/h6,9-10,12,14-17,21H,4-5,7-8,11H2,1-3H3,(H2,27,28)/t14-,15-,16+,17-,21-/m1/s1. The molecule has 0 spiro atoms. The van der Waals surface area contributed by atoms with Crippen LogP contribution in [0.15, 0.2) is 18.3 Å². The number of methoxy groups -OCH3 is 1. The number of pyridine rings is 1. The van der Waals surface area contributed by atoms with Gasteiger partial charge in [-0.1, -0.05) is 0 Å². The average molecular weight is 450 g/mol. The Hall–Kier alpha value is -2.13. The minimum atomic E-state index is -4.55. The Labute approximate surface area is 185 Å². The number of rotatable bonds is 5. The molecule has 2 saturated carbocycles. The summed E-state index contributed by atoms with van der Waals surface area (Å²) in [6, 6.07) is 3.76. The first-order valence-corrected chi connectivity index (χ1v) is 11.4. The Kier molecular flexibility index (Phi) is 5.24. The molecule has 5 rings (SSSR count). The zero-order valence-electron chi connectivity index (χ0n) is 18.6. The van der Waals surface area contributed by atoms with Crippen LogP contribution in [-0.2, 0) is 10.9 Å². The lowest BCUT2D eigenvalue weighted by atomic mass is 10.0. The Morgan fingerprint density at radius 3 is 2.50 bits per heavy atom. The van der Waals surface area contributed by atoms with E-state index >= 15 is 0 Å². The minimum Gasteiger partial charge on any atom is -0.383 e. The molecule has 3 heterocycles. The van der Waals surface area contributed by atoms with Crippen molar-refractivity contribution in [3.63, 3.8) is 0 Å². The van der Waals surface area contributed by atoms with Crippen molar-refractivity contribution >= 4 is 5.82 Å². The van der Waals surface area contributed by atoms with Crippen LogP contribution in [0.4, 0.5) is 19.0 Å². The molecule has 3 fully saturated rings. The summed E-state index contributed by atoms with van der Waals surface area (Å²) >= 11 is 0. The second-order valence-electron chi connectivity index (χ2n) is 9.77. The molecule has 1 aliphatic heterocycles. The molecule has 0 bridgehead atoms. The van der Waals surface area contributed by atoms with Gasteiger partial charge in [-0.3, -0.25) is 9.58 Å². The lowest BCUT2D eigenvalue weighted by molar-refractivity contribution is -0.137. The normalized spacial score (nSPS) is 30.3. The highest BCUT2D eigenvalue weighted by molar-refractivity contribution is 5.63. The van der Waals surface area contributed by atoms with Gasteiger partial charge in [-0.15, -0.1) is 0 Å². The molecular formula is C23H30F3N5O. The van der Waals surface area contributed by atoms with Crippen LogP contribution in [0.5, 0.6) is 0 Å². The number of nitrogens with two attached hydrogens (primary N) is 1. The van der Waals surface area contributed by atoms with Crippen LogP contribution in [0.2, 0.25) is 0 Å². The number of hydrogen-bond acceptors (Lipinski definition) is 5. The van der Waals surface area contributed by atoms with Gasteiger partial charge < -0.3 is 10.5 Å². The number of fused-ring (bicyclic) bond motifs is 1. The van der Waals surface area contributed by atoms with E-state index < -0.39 is 17.6 Å². The van der Waals surface area contributed by atoms with Gasteiger partial charge in [-0.2, -0.15) is 18.3 Å².